The highest BCUT2D eigenvalue weighted by Gasteiger charge is 2.35. The molecule has 0 saturated carbocycles. The number of ketones is 1. The molecule has 0 radical (unpaired) electrons. The van der Waals surface area contributed by atoms with E-state index in [9.17, 15) is 18.0 Å². The summed E-state index contributed by atoms with van der Waals surface area (Å²) in [6, 6.07) is 7.16. The predicted molar refractivity (Wildman–Crippen MR) is 118 cm³/mol. The molecule has 2 aliphatic rings. The third-order valence-corrected chi connectivity index (χ3v) is 7.67. The number of benzene rings is 1. The molecule has 7 heteroatoms. The first-order chi connectivity index (χ1) is 14.0. The highest BCUT2D eigenvalue weighted by atomic mass is 32.2. The maximum Gasteiger partial charge on any atom is 0.290 e. The summed E-state index contributed by atoms with van der Waals surface area (Å²) in [7, 11) is -3.17. The van der Waals surface area contributed by atoms with Crippen LogP contribution in [0.5, 0.6) is 0 Å². The zero-order valence-corrected chi connectivity index (χ0v) is 19.4. The van der Waals surface area contributed by atoms with Crippen molar-refractivity contribution in [1.29, 1.82) is 0 Å². The monoisotopic (exact) mass is 434 g/mol. The van der Waals surface area contributed by atoms with Gasteiger partial charge in [0.1, 0.15) is 0 Å². The number of amides is 1. The lowest BCUT2D eigenvalue weighted by atomic mass is 9.78. The predicted octanol–water partition coefficient (Wildman–Crippen LogP) is 3.16. The Balaban J connectivity index is 1.49. The SMILES string of the molecule is CC(C)(C)C(=O)C(=O)N1CCC(C2CCN(c3ccc(S(C)(=O)=O)cc3)CC2)CC1. The first-order valence-electron chi connectivity index (χ1n) is 10.9. The Kier molecular flexibility index (Phi) is 6.60. The zero-order valence-electron chi connectivity index (χ0n) is 18.6. The fraction of sp³-hybridized carbons (Fsp3) is 0.652. The summed E-state index contributed by atoms with van der Waals surface area (Å²) in [6.45, 7) is 8.67. The summed E-state index contributed by atoms with van der Waals surface area (Å²) in [5.74, 6) is 0.630. The van der Waals surface area contributed by atoms with Gasteiger partial charge in [0.15, 0.2) is 9.84 Å². The number of rotatable bonds is 4. The second kappa shape index (κ2) is 8.69. The van der Waals surface area contributed by atoms with E-state index in [-0.39, 0.29) is 11.7 Å². The molecule has 1 aromatic carbocycles. The lowest BCUT2D eigenvalue weighted by Gasteiger charge is -2.41. The molecule has 0 spiro atoms. The summed E-state index contributed by atoms with van der Waals surface area (Å²) < 4.78 is 23.3. The number of hydrogen-bond donors (Lipinski definition) is 0. The largest absolute Gasteiger partial charge is 0.372 e. The smallest absolute Gasteiger partial charge is 0.290 e. The molecule has 1 aromatic rings. The van der Waals surface area contributed by atoms with Gasteiger partial charge in [-0.2, -0.15) is 0 Å². The standard InChI is InChI=1S/C23H34N2O4S/c1-23(2,3)21(26)22(27)25-15-11-18(12-16-25)17-9-13-24(14-10-17)19-5-7-20(8-6-19)30(4,28)29/h5-8,17-18H,9-16H2,1-4H3. The number of Topliss-reactive ketones (excluding diaryl/α,β-unsaturated/α-hetero) is 1. The first-order valence-corrected chi connectivity index (χ1v) is 12.7. The quantitative estimate of drug-likeness (QED) is 0.681. The van der Waals surface area contributed by atoms with Crippen molar-refractivity contribution in [3.63, 3.8) is 0 Å². The minimum absolute atomic E-state index is 0.295. The minimum atomic E-state index is -3.17. The van der Waals surface area contributed by atoms with Crippen molar-refractivity contribution in [2.24, 2.45) is 17.3 Å². The lowest BCUT2D eigenvalue weighted by molar-refractivity contribution is -0.149. The van der Waals surface area contributed by atoms with Gasteiger partial charge in [0.05, 0.1) is 4.90 Å². The Morgan fingerprint density at radius 3 is 1.77 bits per heavy atom. The second-order valence-corrected chi connectivity index (χ2v) is 11.8. The molecule has 166 valence electrons. The van der Waals surface area contributed by atoms with E-state index in [0.29, 0.717) is 29.8 Å². The summed E-state index contributed by atoms with van der Waals surface area (Å²) in [5.41, 5.74) is 0.447. The van der Waals surface area contributed by atoms with E-state index in [0.717, 1.165) is 44.5 Å². The number of carbonyl (C=O) groups is 2. The van der Waals surface area contributed by atoms with E-state index in [1.165, 1.54) is 6.26 Å². The van der Waals surface area contributed by atoms with E-state index >= 15 is 0 Å². The van der Waals surface area contributed by atoms with Crippen molar-refractivity contribution < 1.29 is 18.0 Å². The molecule has 2 heterocycles. The molecule has 30 heavy (non-hydrogen) atoms. The average Bonchev–Trinajstić information content (AvgIpc) is 2.72. The van der Waals surface area contributed by atoms with E-state index in [1.54, 1.807) is 37.8 Å². The van der Waals surface area contributed by atoms with Gasteiger partial charge in [-0.1, -0.05) is 20.8 Å². The van der Waals surface area contributed by atoms with Crippen LogP contribution >= 0.6 is 0 Å². The van der Waals surface area contributed by atoms with Crippen LogP contribution in [0.3, 0.4) is 0 Å². The normalized spacial score (nSPS) is 19.7. The number of hydrogen-bond acceptors (Lipinski definition) is 5. The van der Waals surface area contributed by atoms with Gasteiger partial charge in [0.2, 0.25) is 5.78 Å². The van der Waals surface area contributed by atoms with Gasteiger partial charge in [-0.05, 0) is 61.8 Å². The first kappa shape index (κ1) is 22.8. The highest BCUT2D eigenvalue weighted by Crippen LogP contribution is 2.34. The molecule has 2 aliphatic heterocycles. The maximum atomic E-state index is 12.4. The van der Waals surface area contributed by atoms with Crippen LogP contribution < -0.4 is 4.90 Å². The van der Waals surface area contributed by atoms with Crippen LogP contribution in [0.25, 0.3) is 0 Å². The van der Waals surface area contributed by atoms with Gasteiger partial charge < -0.3 is 9.80 Å². The molecule has 3 rings (SSSR count). The van der Waals surface area contributed by atoms with Crippen molar-refractivity contribution in [3.05, 3.63) is 24.3 Å². The van der Waals surface area contributed by atoms with Crippen molar-refractivity contribution in [2.45, 2.75) is 51.3 Å². The van der Waals surface area contributed by atoms with Gasteiger partial charge in [0.25, 0.3) is 5.91 Å². The van der Waals surface area contributed by atoms with Gasteiger partial charge in [-0.25, -0.2) is 8.42 Å². The molecule has 0 aliphatic carbocycles. The molecule has 0 aromatic heterocycles. The van der Waals surface area contributed by atoms with E-state index in [1.807, 2.05) is 12.1 Å². The molecule has 0 unspecified atom stereocenters. The van der Waals surface area contributed by atoms with E-state index in [2.05, 4.69) is 4.90 Å². The fourth-order valence-electron chi connectivity index (χ4n) is 4.57. The third-order valence-electron chi connectivity index (χ3n) is 6.54. The molecular formula is C23H34N2O4S. The van der Waals surface area contributed by atoms with Crippen LogP contribution in [0, 0.1) is 17.3 Å². The van der Waals surface area contributed by atoms with Crippen molar-refractivity contribution in [1.82, 2.24) is 4.90 Å². The minimum Gasteiger partial charge on any atom is -0.372 e. The summed E-state index contributed by atoms with van der Waals surface area (Å²) in [4.78, 5) is 29.1. The van der Waals surface area contributed by atoms with Crippen LogP contribution in [0.2, 0.25) is 0 Å². The van der Waals surface area contributed by atoms with Crippen LogP contribution in [0.15, 0.2) is 29.2 Å². The summed E-state index contributed by atoms with van der Waals surface area (Å²) in [5, 5.41) is 0. The van der Waals surface area contributed by atoms with Crippen LogP contribution in [-0.2, 0) is 19.4 Å². The van der Waals surface area contributed by atoms with Gasteiger partial charge in [-0.3, -0.25) is 9.59 Å². The number of anilines is 1. The Bertz CT molecular complexity index is 871. The number of piperidine rings is 2. The maximum absolute atomic E-state index is 12.4. The lowest BCUT2D eigenvalue weighted by Crippen LogP contribution is -2.47. The molecule has 0 atom stereocenters. The molecular weight excluding hydrogens is 400 g/mol. The molecule has 2 fully saturated rings. The zero-order chi connectivity index (χ0) is 22.1. The van der Waals surface area contributed by atoms with Crippen LogP contribution in [0.4, 0.5) is 5.69 Å². The average molecular weight is 435 g/mol. The fourth-order valence-corrected chi connectivity index (χ4v) is 5.20. The van der Waals surface area contributed by atoms with Gasteiger partial charge in [0, 0.05) is 43.5 Å². The number of sulfone groups is 1. The Morgan fingerprint density at radius 2 is 1.33 bits per heavy atom. The Hall–Kier alpha value is -1.89. The van der Waals surface area contributed by atoms with E-state index < -0.39 is 15.3 Å². The number of carbonyl (C=O) groups excluding carboxylic acids is 2. The number of likely N-dealkylation sites (tertiary alicyclic amines) is 1. The van der Waals surface area contributed by atoms with Crippen molar-refractivity contribution >= 4 is 27.2 Å². The second-order valence-electron chi connectivity index (χ2n) is 9.80. The van der Waals surface area contributed by atoms with Crippen LogP contribution in [0.1, 0.15) is 46.5 Å². The molecule has 0 N–H and O–H groups in total. The summed E-state index contributed by atoms with van der Waals surface area (Å²) >= 11 is 0. The topological polar surface area (TPSA) is 74.8 Å². The number of nitrogens with zero attached hydrogens (tertiary/aromatic N) is 2. The highest BCUT2D eigenvalue weighted by molar-refractivity contribution is 7.90. The van der Waals surface area contributed by atoms with Gasteiger partial charge in [-0.15, -0.1) is 0 Å². The van der Waals surface area contributed by atoms with Crippen LogP contribution in [-0.4, -0.2) is 57.4 Å². The van der Waals surface area contributed by atoms with Crippen molar-refractivity contribution in [2.75, 3.05) is 37.3 Å². The van der Waals surface area contributed by atoms with E-state index in [4.69, 9.17) is 0 Å². The molecule has 1 amide bonds. The van der Waals surface area contributed by atoms with Gasteiger partial charge >= 0.3 is 0 Å². The third kappa shape index (κ3) is 5.23. The Labute approximate surface area is 180 Å². The molecule has 0 bridgehead atoms. The summed E-state index contributed by atoms with van der Waals surface area (Å²) in [6.07, 6.45) is 5.37. The Morgan fingerprint density at radius 1 is 0.867 bits per heavy atom. The molecule has 6 nitrogen and oxygen atoms in total. The molecule has 2 saturated heterocycles. The van der Waals surface area contributed by atoms with Crippen molar-refractivity contribution in [3.8, 4) is 0 Å².